The highest BCUT2D eigenvalue weighted by Crippen LogP contribution is 2.31. The van der Waals surface area contributed by atoms with Gasteiger partial charge in [-0.2, -0.15) is 0 Å². The summed E-state index contributed by atoms with van der Waals surface area (Å²) in [7, 11) is -3.04. The molecule has 5 nitrogen and oxygen atoms in total. The van der Waals surface area contributed by atoms with Crippen LogP contribution >= 0.6 is 0 Å². The van der Waals surface area contributed by atoms with Gasteiger partial charge in [-0.25, -0.2) is 12.7 Å². The van der Waals surface area contributed by atoms with Gasteiger partial charge < -0.3 is 9.73 Å². The molecule has 0 saturated carbocycles. The van der Waals surface area contributed by atoms with Gasteiger partial charge in [-0.05, 0) is 38.2 Å². The van der Waals surface area contributed by atoms with Crippen molar-refractivity contribution in [1.82, 2.24) is 9.62 Å². The van der Waals surface area contributed by atoms with Crippen LogP contribution in [0.1, 0.15) is 56.4 Å². The molecule has 0 aromatic carbocycles. The second-order valence-corrected chi connectivity index (χ2v) is 8.49. The lowest BCUT2D eigenvalue weighted by Crippen LogP contribution is -2.46. The Balaban J connectivity index is 1.55. The lowest BCUT2D eigenvalue weighted by atomic mass is 9.92. The lowest BCUT2D eigenvalue weighted by molar-refractivity contribution is 0.263. The van der Waals surface area contributed by atoms with E-state index in [1.54, 1.807) is 10.6 Å². The van der Waals surface area contributed by atoms with Crippen molar-refractivity contribution in [2.75, 3.05) is 18.8 Å². The maximum atomic E-state index is 12.1. The quantitative estimate of drug-likeness (QED) is 0.903. The fourth-order valence-corrected chi connectivity index (χ4v) is 5.17. The molecule has 1 unspecified atom stereocenters. The molecule has 1 aliphatic heterocycles. The van der Waals surface area contributed by atoms with Crippen molar-refractivity contribution >= 4 is 10.0 Å². The summed E-state index contributed by atoms with van der Waals surface area (Å²) in [6.07, 6.45) is 7.59. The molecule has 1 aromatic rings. The van der Waals surface area contributed by atoms with Crippen LogP contribution in [-0.4, -0.2) is 37.6 Å². The SMILES string of the molecule is CCCS(=O)(=O)N1CCC(NC2CCCc3occc32)CC1. The third-order valence-electron chi connectivity index (χ3n) is 4.80. The van der Waals surface area contributed by atoms with Crippen LogP contribution in [0.5, 0.6) is 0 Å². The molecule has 3 rings (SSSR count). The Morgan fingerprint density at radius 2 is 2.09 bits per heavy atom. The van der Waals surface area contributed by atoms with Crippen LogP contribution in [0.2, 0.25) is 0 Å². The van der Waals surface area contributed by atoms with E-state index in [1.807, 2.05) is 6.92 Å². The predicted octanol–water partition coefficient (Wildman–Crippen LogP) is 2.45. The van der Waals surface area contributed by atoms with Gasteiger partial charge in [0.1, 0.15) is 5.76 Å². The van der Waals surface area contributed by atoms with Crippen LogP contribution < -0.4 is 5.32 Å². The van der Waals surface area contributed by atoms with E-state index in [0.717, 1.165) is 37.9 Å². The minimum absolute atomic E-state index is 0.270. The Morgan fingerprint density at radius 1 is 1.32 bits per heavy atom. The van der Waals surface area contributed by atoms with Crippen molar-refractivity contribution in [1.29, 1.82) is 0 Å². The van der Waals surface area contributed by atoms with Gasteiger partial charge in [0.2, 0.25) is 10.0 Å². The summed E-state index contributed by atoms with van der Waals surface area (Å²) < 4.78 is 31.4. The van der Waals surface area contributed by atoms with Gasteiger partial charge in [-0.3, -0.25) is 0 Å². The van der Waals surface area contributed by atoms with Gasteiger partial charge in [-0.1, -0.05) is 6.92 Å². The van der Waals surface area contributed by atoms with Crippen molar-refractivity contribution in [3.63, 3.8) is 0 Å². The van der Waals surface area contributed by atoms with Crippen molar-refractivity contribution in [2.45, 2.75) is 57.5 Å². The van der Waals surface area contributed by atoms with Gasteiger partial charge in [0.05, 0.1) is 12.0 Å². The molecule has 0 bridgehead atoms. The van der Waals surface area contributed by atoms with E-state index in [2.05, 4.69) is 11.4 Å². The van der Waals surface area contributed by atoms with E-state index in [-0.39, 0.29) is 5.75 Å². The standard InChI is InChI=1S/C16H26N2O3S/c1-2-12-22(19,20)18-9-6-13(7-10-18)17-15-4-3-5-16-14(15)8-11-21-16/h8,11,13,15,17H,2-7,9-10,12H2,1H3. The molecule has 1 aromatic heterocycles. The smallest absolute Gasteiger partial charge is 0.214 e. The van der Waals surface area contributed by atoms with E-state index in [0.29, 0.717) is 31.6 Å². The average Bonchev–Trinajstić information content (AvgIpc) is 2.97. The van der Waals surface area contributed by atoms with E-state index >= 15 is 0 Å². The third-order valence-corrected chi connectivity index (χ3v) is 6.87. The van der Waals surface area contributed by atoms with E-state index < -0.39 is 10.0 Å². The molecule has 1 N–H and O–H groups in total. The number of nitrogens with one attached hydrogen (secondary N) is 1. The number of nitrogens with zero attached hydrogens (tertiary/aromatic N) is 1. The number of rotatable bonds is 5. The molecular weight excluding hydrogens is 300 g/mol. The molecule has 0 spiro atoms. The molecular formula is C16H26N2O3S. The number of aryl methyl sites for hydroxylation is 1. The maximum Gasteiger partial charge on any atom is 0.214 e. The predicted molar refractivity (Wildman–Crippen MR) is 86.2 cm³/mol. The summed E-state index contributed by atoms with van der Waals surface area (Å²) in [5.74, 6) is 1.39. The average molecular weight is 326 g/mol. The highest BCUT2D eigenvalue weighted by Gasteiger charge is 2.30. The summed E-state index contributed by atoms with van der Waals surface area (Å²) in [6.45, 7) is 3.20. The Morgan fingerprint density at radius 3 is 2.82 bits per heavy atom. The Labute approximate surface area is 133 Å². The van der Waals surface area contributed by atoms with Crippen LogP contribution in [0.3, 0.4) is 0 Å². The number of hydrogen-bond acceptors (Lipinski definition) is 4. The highest BCUT2D eigenvalue weighted by atomic mass is 32.2. The minimum atomic E-state index is -3.04. The van der Waals surface area contributed by atoms with Gasteiger partial charge in [0, 0.05) is 37.2 Å². The van der Waals surface area contributed by atoms with Gasteiger partial charge in [0.15, 0.2) is 0 Å². The molecule has 2 heterocycles. The molecule has 0 amide bonds. The zero-order valence-corrected chi connectivity index (χ0v) is 14.1. The normalized spacial score (nSPS) is 24.3. The van der Waals surface area contributed by atoms with E-state index in [4.69, 9.17) is 4.42 Å². The number of hydrogen-bond donors (Lipinski definition) is 1. The topological polar surface area (TPSA) is 62.6 Å². The molecule has 1 aliphatic carbocycles. The molecule has 124 valence electrons. The van der Waals surface area contributed by atoms with Crippen LogP contribution in [-0.2, 0) is 16.4 Å². The fourth-order valence-electron chi connectivity index (χ4n) is 3.63. The Hall–Kier alpha value is -0.850. The summed E-state index contributed by atoms with van der Waals surface area (Å²) >= 11 is 0. The molecule has 1 fully saturated rings. The van der Waals surface area contributed by atoms with Crippen LogP contribution in [0.25, 0.3) is 0 Å². The summed E-state index contributed by atoms with van der Waals surface area (Å²) in [5, 5.41) is 3.72. The first-order valence-corrected chi connectivity index (χ1v) is 10.0. The Kier molecular flexibility index (Phi) is 4.90. The second-order valence-electron chi connectivity index (χ2n) is 6.40. The van der Waals surface area contributed by atoms with Crippen molar-refractivity contribution < 1.29 is 12.8 Å². The molecule has 2 aliphatic rings. The largest absolute Gasteiger partial charge is 0.469 e. The maximum absolute atomic E-state index is 12.1. The van der Waals surface area contributed by atoms with Crippen molar-refractivity contribution in [3.8, 4) is 0 Å². The zero-order valence-electron chi connectivity index (χ0n) is 13.3. The highest BCUT2D eigenvalue weighted by molar-refractivity contribution is 7.89. The number of furan rings is 1. The molecule has 6 heteroatoms. The summed E-state index contributed by atoms with van der Waals surface area (Å²) in [5.41, 5.74) is 1.30. The number of piperidine rings is 1. The van der Waals surface area contributed by atoms with Gasteiger partial charge in [0.25, 0.3) is 0 Å². The fraction of sp³-hybridized carbons (Fsp3) is 0.750. The van der Waals surface area contributed by atoms with Crippen molar-refractivity contribution in [2.24, 2.45) is 0 Å². The summed E-state index contributed by atoms with van der Waals surface area (Å²) in [4.78, 5) is 0. The van der Waals surface area contributed by atoms with Crippen molar-refractivity contribution in [3.05, 3.63) is 23.7 Å². The number of sulfonamides is 1. The summed E-state index contributed by atoms with van der Waals surface area (Å²) in [6, 6.07) is 2.85. The zero-order chi connectivity index (χ0) is 15.6. The first-order valence-electron chi connectivity index (χ1n) is 8.40. The van der Waals surface area contributed by atoms with Crippen LogP contribution in [0.4, 0.5) is 0 Å². The van der Waals surface area contributed by atoms with Crippen LogP contribution in [0.15, 0.2) is 16.7 Å². The first kappa shape index (κ1) is 16.0. The molecule has 1 atom stereocenters. The second kappa shape index (κ2) is 6.72. The van der Waals surface area contributed by atoms with E-state index in [1.165, 1.54) is 5.56 Å². The molecule has 22 heavy (non-hydrogen) atoms. The Bertz CT molecular complexity index is 588. The molecule has 1 saturated heterocycles. The lowest BCUT2D eigenvalue weighted by Gasteiger charge is -2.34. The molecule has 0 radical (unpaired) electrons. The van der Waals surface area contributed by atoms with Gasteiger partial charge in [-0.15, -0.1) is 0 Å². The van der Waals surface area contributed by atoms with Crippen LogP contribution in [0, 0.1) is 0 Å². The third kappa shape index (κ3) is 3.39. The van der Waals surface area contributed by atoms with Gasteiger partial charge >= 0.3 is 0 Å². The van der Waals surface area contributed by atoms with E-state index in [9.17, 15) is 8.42 Å². The minimum Gasteiger partial charge on any atom is -0.469 e. The first-order chi connectivity index (χ1) is 10.6. The monoisotopic (exact) mass is 326 g/mol. The number of fused-ring (bicyclic) bond motifs is 1.